The number of nitrogens with zero attached hydrogens (tertiary/aromatic N) is 2. The number of benzene rings is 2. The molecule has 1 heterocycles. The highest BCUT2D eigenvalue weighted by molar-refractivity contribution is 5.79. The maximum atomic E-state index is 8.80. The van der Waals surface area contributed by atoms with E-state index in [0.717, 1.165) is 35.5 Å². The van der Waals surface area contributed by atoms with Crippen LogP contribution in [0.5, 0.6) is 5.75 Å². The molecule has 0 unspecified atom stereocenters. The number of aromatic nitrogens is 1. The summed E-state index contributed by atoms with van der Waals surface area (Å²) in [5.41, 5.74) is 4.30. The van der Waals surface area contributed by atoms with Gasteiger partial charge in [0.2, 0.25) is 0 Å². The SMILES string of the molecule is OCC/N=C/c1ccnc(CNCCc2ccccc2OCc2ccccc2)c1. The zero-order valence-electron chi connectivity index (χ0n) is 16.5. The van der Waals surface area contributed by atoms with Crippen molar-refractivity contribution < 1.29 is 9.84 Å². The van der Waals surface area contributed by atoms with Gasteiger partial charge in [0.25, 0.3) is 0 Å². The molecule has 0 radical (unpaired) electrons. The van der Waals surface area contributed by atoms with Crippen LogP contribution in [0.2, 0.25) is 0 Å². The summed E-state index contributed by atoms with van der Waals surface area (Å²) >= 11 is 0. The first kappa shape index (κ1) is 20.7. The Morgan fingerprint density at radius 3 is 2.72 bits per heavy atom. The topological polar surface area (TPSA) is 66.7 Å². The van der Waals surface area contributed by atoms with Crippen LogP contribution in [0.4, 0.5) is 0 Å². The van der Waals surface area contributed by atoms with Gasteiger partial charge in [-0.1, -0.05) is 48.5 Å². The number of aliphatic hydroxyl groups is 1. The molecule has 3 rings (SSSR count). The van der Waals surface area contributed by atoms with Crippen LogP contribution >= 0.6 is 0 Å². The summed E-state index contributed by atoms with van der Waals surface area (Å²) in [4.78, 5) is 8.54. The molecule has 0 amide bonds. The van der Waals surface area contributed by atoms with E-state index in [9.17, 15) is 0 Å². The smallest absolute Gasteiger partial charge is 0.123 e. The van der Waals surface area contributed by atoms with Crippen LogP contribution in [-0.2, 0) is 19.6 Å². The van der Waals surface area contributed by atoms with Crippen LogP contribution in [0.25, 0.3) is 0 Å². The van der Waals surface area contributed by atoms with Crippen molar-refractivity contribution in [3.8, 4) is 5.75 Å². The maximum absolute atomic E-state index is 8.80. The van der Waals surface area contributed by atoms with Crippen molar-refractivity contribution in [1.29, 1.82) is 0 Å². The Hall–Kier alpha value is -3.02. The molecule has 0 aliphatic heterocycles. The van der Waals surface area contributed by atoms with E-state index in [1.165, 1.54) is 5.56 Å². The third-order valence-corrected chi connectivity index (χ3v) is 4.40. The van der Waals surface area contributed by atoms with E-state index < -0.39 is 0 Å². The quantitative estimate of drug-likeness (QED) is 0.390. The van der Waals surface area contributed by atoms with Crippen LogP contribution in [0.1, 0.15) is 22.4 Å². The van der Waals surface area contributed by atoms with E-state index in [2.05, 4.69) is 33.5 Å². The molecule has 5 nitrogen and oxygen atoms in total. The van der Waals surface area contributed by atoms with Gasteiger partial charge in [-0.25, -0.2) is 0 Å². The number of para-hydroxylation sites is 1. The summed E-state index contributed by atoms with van der Waals surface area (Å²) in [7, 11) is 0. The lowest BCUT2D eigenvalue weighted by atomic mass is 10.1. The first-order chi connectivity index (χ1) is 14.3. The third-order valence-electron chi connectivity index (χ3n) is 4.40. The van der Waals surface area contributed by atoms with Gasteiger partial charge in [0.15, 0.2) is 0 Å². The van der Waals surface area contributed by atoms with Gasteiger partial charge < -0.3 is 15.2 Å². The molecule has 0 aliphatic rings. The first-order valence-electron chi connectivity index (χ1n) is 9.86. The molecular weight excluding hydrogens is 362 g/mol. The Balaban J connectivity index is 1.48. The first-order valence-corrected chi connectivity index (χ1v) is 9.86. The van der Waals surface area contributed by atoms with Crippen LogP contribution in [-0.4, -0.2) is 36.0 Å². The largest absolute Gasteiger partial charge is 0.489 e. The molecule has 0 spiro atoms. The normalized spacial score (nSPS) is 11.1. The molecule has 0 saturated carbocycles. The number of hydrogen-bond donors (Lipinski definition) is 2. The monoisotopic (exact) mass is 389 g/mol. The average molecular weight is 389 g/mol. The molecule has 2 N–H and O–H groups in total. The van der Waals surface area contributed by atoms with Gasteiger partial charge >= 0.3 is 0 Å². The molecule has 2 aromatic carbocycles. The molecule has 0 fully saturated rings. The van der Waals surface area contributed by atoms with Crippen molar-refractivity contribution >= 4 is 6.21 Å². The molecule has 29 heavy (non-hydrogen) atoms. The van der Waals surface area contributed by atoms with E-state index in [4.69, 9.17) is 9.84 Å². The summed E-state index contributed by atoms with van der Waals surface area (Å²) in [6, 6.07) is 22.3. The number of aliphatic hydroxyl groups excluding tert-OH is 1. The second kappa shape index (κ2) is 11.7. The zero-order chi connectivity index (χ0) is 20.2. The fourth-order valence-corrected chi connectivity index (χ4v) is 2.93. The van der Waals surface area contributed by atoms with Gasteiger partial charge in [-0.05, 0) is 47.9 Å². The molecule has 0 saturated heterocycles. The Morgan fingerprint density at radius 1 is 1.03 bits per heavy atom. The molecule has 0 aliphatic carbocycles. The van der Waals surface area contributed by atoms with E-state index in [-0.39, 0.29) is 6.61 Å². The van der Waals surface area contributed by atoms with Gasteiger partial charge in [-0.3, -0.25) is 9.98 Å². The molecule has 150 valence electrons. The highest BCUT2D eigenvalue weighted by atomic mass is 16.5. The fourth-order valence-electron chi connectivity index (χ4n) is 2.93. The van der Waals surface area contributed by atoms with Gasteiger partial charge in [0.1, 0.15) is 12.4 Å². The van der Waals surface area contributed by atoms with Crippen molar-refractivity contribution in [3.05, 3.63) is 95.3 Å². The minimum atomic E-state index is 0.0620. The maximum Gasteiger partial charge on any atom is 0.123 e. The van der Waals surface area contributed by atoms with Gasteiger partial charge in [-0.15, -0.1) is 0 Å². The molecule has 3 aromatic rings. The highest BCUT2D eigenvalue weighted by Gasteiger charge is 2.04. The van der Waals surface area contributed by atoms with E-state index in [1.807, 2.05) is 48.5 Å². The Kier molecular flexibility index (Phi) is 8.38. The summed E-state index contributed by atoms with van der Waals surface area (Å²) < 4.78 is 6.03. The summed E-state index contributed by atoms with van der Waals surface area (Å²) in [6.45, 7) is 2.57. The van der Waals surface area contributed by atoms with E-state index in [0.29, 0.717) is 19.7 Å². The molecule has 5 heteroatoms. The van der Waals surface area contributed by atoms with Crippen molar-refractivity contribution in [3.63, 3.8) is 0 Å². The van der Waals surface area contributed by atoms with E-state index in [1.54, 1.807) is 12.4 Å². The second-order valence-corrected chi connectivity index (χ2v) is 6.65. The number of nitrogens with one attached hydrogen (secondary N) is 1. The van der Waals surface area contributed by atoms with Crippen molar-refractivity contribution in [2.75, 3.05) is 19.7 Å². The summed E-state index contributed by atoms with van der Waals surface area (Å²) in [5.74, 6) is 0.929. The van der Waals surface area contributed by atoms with Gasteiger partial charge in [-0.2, -0.15) is 0 Å². The number of hydrogen-bond acceptors (Lipinski definition) is 5. The van der Waals surface area contributed by atoms with Gasteiger partial charge in [0.05, 0.1) is 18.8 Å². The molecule has 0 atom stereocenters. The lowest BCUT2D eigenvalue weighted by molar-refractivity contribution is 0.303. The van der Waals surface area contributed by atoms with Crippen molar-refractivity contribution in [1.82, 2.24) is 10.3 Å². The summed E-state index contributed by atoms with van der Waals surface area (Å²) in [6.07, 6.45) is 4.42. The molecular formula is C24H27N3O2. The Morgan fingerprint density at radius 2 is 1.86 bits per heavy atom. The second-order valence-electron chi connectivity index (χ2n) is 6.65. The Bertz CT molecular complexity index is 897. The number of rotatable bonds is 11. The van der Waals surface area contributed by atoms with Crippen LogP contribution in [0.3, 0.4) is 0 Å². The standard InChI is InChI=1S/C24H27N3O2/c28-15-14-26-17-21-10-13-27-23(16-21)18-25-12-11-22-8-4-5-9-24(22)29-19-20-6-2-1-3-7-20/h1-10,13,16-17,25,28H,11-12,14-15,18-19H2/b26-17+. The minimum Gasteiger partial charge on any atom is -0.489 e. The van der Waals surface area contributed by atoms with Gasteiger partial charge in [0, 0.05) is 19.0 Å². The fraction of sp³-hybridized carbons (Fsp3) is 0.250. The lowest BCUT2D eigenvalue weighted by Gasteiger charge is -2.12. The van der Waals surface area contributed by atoms with Crippen molar-refractivity contribution in [2.45, 2.75) is 19.6 Å². The number of ether oxygens (including phenoxy) is 1. The predicted octanol–water partition coefficient (Wildman–Crippen LogP) is 3.40. The Labute approximate surface area is 172 Å². The minimum absolute atomic E-state index is 0.0620. The van der Waals surface area contributed by atoms with E-state index >= 15 is 0 Å². The number of pyridine rings is 1. The molecule has 1 aromatic heterocycles. The number of aliphatic imine (C=N–C) groups is 1. The lowest BCUT2D eigenvalue weighted by Crippen LogP contribution is -2.18. The zero-order valence-corrected chi connectivity index (χ0v) is 16.5. The van der Waals surface area contributed by atoms with Crippen molar-refractivity contribution in [2.24, 2.45) is 4.99 Å². The third kappa shape index (κ3) is 7.14. The predicted molar refractivity (Wildman–Crippen MR) is 116 cm³/mol. The average Bonchev–Trinajstić information content (AvgIpc) is 2.77. The van der Waals surface area contributed by atoms with Crippen LogP contribution in [0, 0.1) is 0 Å². The summed E-state index contributed by atoms with van der Waals surface area (Å²) in [5, 5.41) is 12.2. The highest BCUT2D eigenvalue weighted by Crippen LogP contribution is 2.19. The van der Waals surface area contributed by atoms with Crippen LogP contribution in [0.15, 0.2) is 77.9 Å². The molecule has 0 bridgehead atoms. The van der Waals surface area contributed by atoms with Crippen LogP contribution < -0.4 is 10.1 Å².